The average molecular weight is 285 g/mol. The Bertz CT molecular complexity index is 494. The number of nitrogens with zero attached hydrogens (tertiary/aromatic N) is 1. The lowest BCUT2D eigenvalue weighted by molar-refractivity contribution is -0.0677. The van der Waals surface area contributed by atoms with Crippen molar-refractivity contribution < 1.29 is 17.9 Å². The number of ether oxygens (including phenoxy) is 1. The van der Waals surface area contributed by atoms with Gasteiger partial charge in [0, 0.05) is 37.9 Å². The van der Waals surface area contributed by atoms with Gasteiger partial charge < -0.3 is 4.74 Å². The molecule has 0 radical (unpaired) electrons. The third kappa shape index (κ3) is 2.83. The van der Waals surface area contributed by atoms with Gasteiger partial charge in [-0.1, -0.05) is 0 Å². The zero-order chi connectivity index (χ0) is 14.1. The van der Waals surface area contributed by atoms with E-state index in [0.717, 1.165) is 45.0 Å². The van der Waals surface area contributed by atoms with Crippen LogP contribution in [0.25, 0.3) is 0 Å². The van der Waals surface area contributed by atoms with E-state index in [2.05, 4.69) is 4.90 Å². The summed E-state index contributed by atoms with van der Waals surface area (Å²) >= 11 is 0. The lowest BCUT2D eigenvalue weighted by atomic mass is 9.88. The van der Waals surface area contributed by atoms with E-state index >= 15 is 0 Å². The predicted octanol–water partition coefficient (Wildman–Crippen LogP) is 3.10. The number of hydrogen-bond donors (Lipinski definition) is 0. The highest BCUT2D eigenvalue weighted by molar-refractivity contribution is 5.20. The van der Waals surface area contributed by atoms with Crippen LogP contribution in [-0.2, 0) is 11.3 Å². The zero-order valence-electron chi connectivity index (χ0n) is 11.2. The number of fused-ring (bicyclic) bond motifs is 1. The van der Waals surface area contributed by atoms with Crippen LogP contribution in [0.2, 0.25) is 0 Å². The normalized spacial score (nSPS) is 27.4. The van der Waals surface area contributed by atoms with E-state index < -0.39 is 17.5 Å². The quantitative estimate of drug-likeness (QED) is 0.774. The SMILES string of the molecule is Fc1cc(F)c(CN2CC[C@H]3OCCC[C@@H]3C2)cc1F. The monoisotopic (exact) mass is 285 g/mol. The summed E-state index contributed by atoms with van der Waals surface area (Å²) < 4.78 is 45.5. The van der Waals surface area contributed by atoms with E-state index in [1.54, 1.807) is 0 Å². The highest BCUT2D eigenvalue weighted by Crippen LogP contribution is 2.29. The van der Waals surface area contributed by atoms with Crippen molar-refractivity contribution in [2.24, 2.45) is 5.92 Å². The molecule has 0 aromatic heterocycles. The topological polar surface area (TPSA) is 12.5 Å². The Morgan fingerprint density at radius 1 is 1.10 bits per heavy atom. The van der Waals surface area contributed by atoms with Gasteiger partial charge >= 0.3 is 0 Å². The highest BCUT2D eigenvalue weighted by atomic mass is 19.2. The Labute approximate surface area is 116 Å². The minimum Gasteiger partial charge on any atom is -0.378 e. The van der Waals surface area contributed by atoms with Gasteiger partial charge in [0.25, 0.3) is 0 Å². The molecule has 3 rings (SSSR count). The molecular formula is C15H18F3NO. The zero-order valence-corrected chi connectivity index (χ0v) is 11.2. The number of benzene rings is 1. The molecule has 2 aliphatic heterocycles. The number of halogens is 3. The molecule has 1 aromatic rings. The molecule has 2 nitrogen and oxygen atoms in total. The van der Waals surface area contributed by atoms with Crippen LogP contribution in [0.3, 0.4) is 0 Å². The van der Waals surface area contributed by atoms with Gasteiger partial charge in [0.2, 0.25) is 0 Å². The van der Waals surface area contributed by atoms with Crippen LogP contribution < -0.4 is 0 Å². The van der Waals surface area contributed by atoms with Crippen molar-refractivity contribution in [3.8, 4) is 0 Å². The summed E-state index contributed by atoms with van der Waals surface area (Å²) in [5, 5.41) is 0. The smallest absolute Gasteiger partial charge is 0.161 e. The third-order valence-electron chi connectivity index (χ3n) is 4.28. The van der Waals surface area contributed by atoms with E-state index in [0.29, 0.717) is 24.6 Å². The molecule has 1 aromatic carbocycles. The van der Waals surface area contributed by atoms with Crippen molar-refractivity contribution in [2.75, 3.05) is 19.7 Å². The molecule has 2 saturated heterocycles. The summed E-state index contributed by atoms with van der Waals surface area (Å²) in [4.78, 5) is 2.10. The molecule has 5 heteroatoms. The third-order valence-corrected chi connectivity index (χ3v) is 4.28. The van der Waals surface area contributed by atoms with Crippen LogP contribution in [0.4, 0.5) is 13.2 Å². The van der Waals surface area contributed by atoms with Gasteiger partial charge in [-0.05, 0) is 31.2 Å². The second-order valence-corrected chi connectivity index (χ2v) is 5.69. The van der Waals surface area contributed by atoms with Crippen molar-refractivity contribution in [3.05, 3.63) is 35.1 Å². The molecule has 0 bridgehead atoms. The summed E-state index contributed by atoms with van der Waals surface area (Å²) in [5.74, 6) is -2.32. The fraction of sp³-hybridized carbons (Fsp3) is 0.600. The van der Waals surface area contributed by atoms with Crippen LogP contribution in [0, 0.1) is 23.4 Å². The predicted molar refractivity (Wildman–Crippen MR) is 68.7 cm³/mol. The maximum Gasteiger partial charge on any atom is 0.161 e. The van der Waals surface area contributed by atoms with Gasteiger partial charge in [0.1, 0.15) is 5.82 Å². The molecule has 0 amide bonds. The Morgan fingerprint density at radius 2 is 1.90 bits per heavy atom. The first kappa shape index (κ1) is 13.9. The molecule has 2 heterocycles. The lowest BCUT2D eigenvalue weighted by Gasteiger charge is -2.41. The first-order chi connectivity index (χ1) is 9.63. The van der Waals surface area contributed by atoms with Crippen LogP contribution >= 0.6 is 0 Å². The molecule has 0 aliphatic carbocycles. The molecule has 2 aliphatic rings. The molecule has 2 fully saturated rings. The summed E-state index contributed by atoms with van der Waals surface area (Å²) in [6.45, 7) is 2.80. The molecule has 0 saturated carbocycles. The van der Waals surface area contributed by atoms with Gasteiger partial charge in [-0.15, -0.1) is 0 Å². The molecule has 2 atom stereocenters. The van der Waals surface area contributed by atoms with E-state index in [-0.39, 0.29) is 5.56 Å². The fourth-order valence-electron chi connectivity index (χ4n) is 3.23. The lowest BCUT2D eigenvalue weighted by Crippen LogP contribution is -2.45. The number of rotatable bonds is 2. The highest BCUT2D eigenvalue weighted by Gasteiger charge is 2.32. The van der Waals surface area contributed by atoms with Crippen molar-refractivity contribution in [3.63, 3.8) is 0 Å². The van der Waals surface area contributed by atoms with Crippen LogP contribution in [0.15, 0.2) is 12.1 Å². The summed E-state index contributed by atoms with van der Waals surface area (Å²) in [6.07, 6.45) is 3.43. The summed E-state index contributed by atoms with van der Waals surface area (Å²) in [7, 11) is 0. The van der Waals surface area contributed by atoms with E-state index in [4.69, 9.17) is 4.74 Å². The maximum atomic E-state index is 13.7. The van der Waals surface area contributed by atoms with E-state index in [1.807, 2.05) is 0 Å². The first-order valence-electron chi connectivity index (χ1n) is 7.11. The minimum atomic E-state index is -1.13. The van der Waals surface area contributed by atoms with Gasteiger partial charge in [-0.25, -0.2) is 13.2 Å². The molecule has 0 spiro atoms. The average Bonchev–Trinajstić information content (AvgIpc) is 2.44. The molecule has 0 N–H and O–H groups in total. The Kier molecular flexibility index (Phi) is 3.98. The fourth-order valence-corrected chi connectivity index (χ4v) is 3.23. The van der Waals surface area contributed by atoms with Crippen molar-refractivity contribution >= 4 is 0 Å². The molecule has 110 valence electrons. The number of likely N-dealkylation sites (tertiary alicyclic amines) is 1. The van der Waals surface area contributed by atoms with Gasteiger partial charge in [0.15, 0.2) is 11.6 Å². The first-order valence-corrected chi connectivity index (χ1v) is 7.11. The van der Waals surface area contributed by atoms with Crippen LogP contribution in [-0.4, -0.2) is 30.7 Å². The van der Waals surface area contributed by atoms with Crippen LogP contribution in [0.5, 0.6) is 0 Å². The standard InChI is InChI=1S/C15H18F3NO/c16-12-7-14(18)13(17)6-11(12)9-19-4-3-15-10(8-19)2-1-5-20-15/h6-7,10,15H,1-5,8-9H2/t10-,15-/m1/s1. The van der Waals surface area contributed by atoms with Crippen molar-refractivity contribution in [2.45, 2.75) is 31.9 Å². The second kappa shape index (κ2) is 5.74. The molecular weight excluding hydrogens is 267 g/mol. The number of hydrogen-bond acceptors (Lipinski definition) is 2. The number of piperidine rings is 1. The maximum absolute atomic E-state index is 13.7. The second-order valence-electron chi connectivity index (χ2n) is 5.69. The Hall–Kier alpha value is -1.07. The van der Waals surface area contributed by atoms with Gasteiger partial charge in [0.05, 0.1) is 6.10 Å². The van der Waals surface area contributed by atoms with Crippen molar-refractivity contribution in [1.82, 2.24) is 4.90 Å². The van der Waals surface area contributed by atoms with E-state index in [9.17, 15) is 13.2 Å². The largest absolute Gasteiger partial charge is 0.378 e. The van der Waals surface area contributed by atoms with Crippen molar-refractivity contribution in [1.29, 1.82) is 0 Å². The van der Waals surface area contributed by atoms with Gasteiger partial charge in [-0.2, -0.15) is 0 Å². The molecule has 20 heavy (non-hydrogen) atoms. The minimum absolute atomic E-state index is 0.221. The van der Waals surface area contributed by atoms with E-state index in [1.165, 1.54) is 0 Å². The van der Waals surface area contributed by atoms with Gasteiger partial charge in [-0.3, -0.25) is 4.90 Å². The van der Waals surface area contributed by atoms with Crippen LogP contribution in [0.1, 0.15) is 24.8 Å². The summed E-state index contributed by atoms with van der Waals surface area (Å²) in [6, 6.07) is 1.59. The Balaban J connectivity index is 1.68. The molecule has 0 unspecified atom stereocenters. The summed E-state index contributed by atoms with van der Waals surface area (Å²) in [5.41, 5.74) is 0.221. The Morgan fingerprint density at radius 3 is 2.75 bits per heavy atom.